The minimum absolute atomic E-state index is 0.134. The molecule has 0 aliphatic carbocycles. The Morgan fingerprint density at radius 1 is 0.773 bits per heavy atom. The number of phosphoric acid groups is 4. The molecule has 5 N–H and O–H groups in total. The highest BCUT2D eigenvalue weighted by Crippen LogP contribution is 2.70. The summed E-state index contributed by atoms with van der Waals surface area (Å²) in [5.41, 5.74) is 0. The maximum atomic E-state index is 11.2. The van der Waals surface area contributed by atoms with E-state index in [0.29, 0.717) is 6.42 Å². The molecule has 14 nitrogen and oxygen atoms in total. The number of rotatable bonds is 11. The van der Waals surface area contributed by atoms with Crippen LogP contribution in [0.5, 0.6) is 0 Å². The largest absolute Gasteiger partial charge is 0.490 e. The lowest BCUT2D eigenvalue weighted by Gasteiger charge is -2.18. The van der Waals surface area contributed by atoms with Crippen LogP contribution in [0.2, 0.25) is 0 Å². The molecule has 3 atom stereocenters. The molecule has 0 saturated carbocycles. The summed E-state index contributed by atoms with van der Waals surface area (Å²) in [7, 11) is -22.3. The van der Waals surface area contributed by atoms with Crippen LogP contribution in [0, 0.1) is 0 Å². The second kappa shape index (κ2) is 8.57. The Bertz CT molecular complexity index is 535. The molecule has 0 aromatic rings. The van der Waals surface area contributed by atoms with Gasteiger partial charge in [0.15, 0.2) is 6.79 Å². The summed E-state index contributed by atoms with van der Waals surface area (Å²) in [6.45, 7) is 1.04. The van der Waals surface area contributed by atoms with Crippen molar-refractivity contribution in [1.82, 2.24) is 0 Å². The van der Waals surface area contributed by atoms with Gasteiger partial charge < -0.3 is 29.2 Å². The van der Waals surface area contributed by atoms with E-state index in [1.54, 1.807) is 6.92 Å². The van der Waals surface area contributed by atoms with Crippen LogP contribution in [0.15, 0.2) is 0 Å². The number of phosphoric ester groups is 1. The molecule has 0 spiro atoms. The molecular weight excluding hydrogens is 396 g/mol. The molecule has 0 heterocycles. The Morgan fingerprint density at radius 3 is 1.68 bits per heavy atom. The summed E-state index contributed by atoms with van der Waals surface area (Å²) in [6, 6.07) is 0. The topological polar surface area (TPSA) is 216 Å². The van der Waals surface area contributed by atoms with E-state index in [9.17, 15) is 18.3 Å². The maximum Gasteiger partial charge on any atom is 0.490 e. The Kier molecular flexibility index (Phi) is 8.77. The first-order valence-electron chi connectivity index (χ1n) is 5.08. The van der Waals surface area contributed by atoms with Crippen LogP contribution in [-0.4, -0.2) is 37.9 Å². The van der Waals surface area contributed by atoms with E-state index in [-0.39, 0.29) is 6.61 Å². The Labute approximate surface area is 124 Å². The smallest absolute Gasteiger partial charge is 0.355 e. The second-order valence-electron chi connectivity index (χ2n) is 3.30. The minimum Gasteiger partial charge on any atom is -0.355 e. The van der Waals surface area contributed by atoms with Crippen molar-refractivity contribution in [3.05, 3.63) is 0 Å². The van der Waals surface area contributed by atoms with E-state index in [0.717, 1.165) is 0 Å². The monoisotopic (exact) mass is 410 g/mol. The Morgan fingerprint density at radius 2 is 1.23 bits per heavy atom. The second-order valence-corrected chi connectivity index (χ2v) is 9.31. The van der Waals surface area contributed by atoms with Crippen molar-refractivity contribution in [1.29, 1.82) is 0 Å². The van der Waals surface area contributed by atoms with Gasteiger partial charge in [0.25, 0.3) is 0 Å². The molecule has 22 heavy (non-hydrogen) atoms. The lowest BCUT2D eigenvalue weighted by Crippen LogP contribution is -2.02. The number of hydrogen-bond donors (Lipinski definition) is 5. The molecule has 0 radical (unpaired) electrons. The summed E-state index contributed by atoms with van der Waals surface area (Å²) in [4.78, 5) is 43.3. The van der Waals surface area contributed by atoms with Crippen molar-refractivity contribution in [3.8, 4) is 0 Å². The zero-order valence-corrected chi connectivity index (χ0v) is 14.4. The quantitative estimate of drug-likeness (QED) is 0.181. The SMILES string of the molecule is CCCOCOP(=O)(O)OP(=O)(O)OP(=O)(O)OP(=O)(O)O. The molecule has 134 valence electrons. The zero-order chi connectivity index (χ0) is 17.7. The van der Waals surface area contributed by atoms with Crippen molar-refractivity contribution < 1.29 is 64.9 Å². The average Bonchev–Trinajstić information content (AvgIpc) is 2.16. The van der Waals surface area contributed by atoms with Crippen molar-refractivity contribution in [2.45, 2.75) is 13.3 Å². The van der Waals surface area contributed by atoms with Crippen LogP contribution in [0.3, 0.4) is 0 Å². The summed E-state index contributed by atoms with van der Waals surface area (Å²) < 4.78 is 62.6. The van der Waals surface area contributed by atoms with Crippen LogP contribution in [0.4, 0.5) is 0 Å². The maximum absolute atomic E-state index is 11.2. The van der Waals surface area contributed by atoms with E-state index in [2.05, 4.69) is 22.2 Å². The summed E-state index contributed by atoms with van der Waals surface area (Å²) in [5.74, 6) is 0. The lowest BCUT2D eigenvalue weighted by atomic mass is 10.5. The predicted molar refractivity (Wildman–Crippen MR) is 67.0 cm³/mol. The molecule has 0 bridgehead atoms. The highest BCUT2D eigenvalue weighted by Gasteiger charge is 2.44. The molecule has 0 aromatic heterocycles. The standard InChI is InChI=1S/C4H14O14P4/c1-2-3-14-4-15-20(8,9)17-22(12,13)18-21(10,11)16-19(5,6)7/h2-4H2,1H3,(H,8,9)(H,10,11)(H,12,13)(H2,5,6,7). The molecule has 0 fully saturated rings. The fraction of sp³-hybridized carbons (Fsp3) is 1.00. The van der Waals surface area contributed by atoms with Gasteiger partial charge in [0.2, 0.25) is 0 Å². The van der Waals surface area contributed by atoms with Gasteiger partial charge in [-0.05, 0) is 6.42 Å². The fourth-order valence-electron chi connectivity index (χ4n) is 0.756. The number of ether oxygens (including phenoxy) is 1. The summed E-state index contributed by atoms with van der Waals surface area (Å²) in [6.07, 6.45) is 0.537. The van der Waals surface area contributed by atoms with Gasteiger partial charge in [0.1, 0.15) is 0 Å². The first-order valence-corrected chi connectivity index (χ1v) is 11.1. The fourth-order valence-corrected chi connectivity index (χ4v) is 5.09. The first-order chi connectivity index (χ1) is 9.68. The summed E-state index contributed by atoms with van der Waals surface area (Å²) >= 11 is 0. The van der Waals surface area contributed by atoms with E-state index >= 15 is 0 Å². The van der Waals surface area contributed by atoms with Crippen molar-refractivity contribution in [2.75, 3.05) is 13.4 Å². The molecule has 0 aromatic carbocycles. The van der Waals surface area contributed by atoms with Gasteiger partial charge in [-0.25, -0.2) is 18.3 Å². The van der Waals surface area contributed by atoms with Crippen LogP contribution in [0.25, 0.3) is 0 Å². The predicted octanol–water partition coefficient (Wildman–Crippen LogP) is 0.831. The highest BCUT2D eigenvalue weighted by molar-refractivity contribution is 7.69. The normalized spacial score (nSPS) is 20.8. The minimum atomic E-state index is -5.78. The van der Waals surface area contributed by atoms with Crippen LogP contribution < -0.4 is 0 Å². The Hall–Kier alpha value is 0.520. The van der Waals surface area contributed by atoms with Gasteiger partial charge in [0.05, 0.1) is 0 Å². The highest BCUT2D eigenvalue weighted by atomic mass is 31.3. The van der Waals surface area contributed by atoms with Crippen molar-refractivity contribution in [2.24, 2.45) is 0 Å². The van der Waals surface area contributed by atoms with Crippen LogP contribution in [-0.2, 0) is 40.5 Å². The third-order valence-corrected chi connectivity index (χ3v) is 6.68. The lowest BCUT2D eigenvalue weighted by molar-refractivity contribution is -0.00115. The van der Waals surface area contributed by atoms with Gasteiger partial charge in [0, 0.05) is 6.61 Å². The molecular formula is C4H14O14P4. The third kappa shape index (κ3) is 12.0. The molecule has 3 unspecified atom stereocenters. The molecule has 0 aliphatic rings. The average molecular weight is 410 g/mol. The van der Waals surface area contributed by atoms with E-state index in [1.807, 2.05) is 0 Å². The van der Waals surface area contributed by atoms with Crippen molar-refractivity contribution >= 4 is 31.3 Å². The van der Waals surface area contributed by atoms with Gasteiger partial charge in [-0.3, -0.25) is 4.52 Å². The van der Waals surface area contributed by atoms with Crippen LogP contribution in [0.1, 0.15) is 13.3 Å². The van der Waals surface area contributed by atoms with E-state index in [1.165, 1.54) is 0 Å². The molecule has 0 amide bonds. The zero-order valence-electron chi connectivity index (χ0n) is 10.8. The third-order valence-electron chi connectivity index (χ3n) is 1.27. The van der Waals surface area contributed by atoms with Gasteiger partial charge in [-0.2, -0.15) is 12.9 Å². The van der Waals surface area contributed by atoms with Gasteiger partial charge in [-0.15, -0.1) is 0 Å². The summed E-state index contributed by atoms with van der Waals surface area (Å²) in [5, 5.41) is 0. The van der Waals surface area contributed by atoms with E-state index < -0.39 is 38.1 Å². The Balaban J connectivity index is 4.68. The first kappa shape index (κ1) is 22.5. The van der Waals surface area contributed by atoms with Crippen molar-refractivity contribution in [3.63, 3.8) is 0 Å². The van der Waals surface area contributed by atoms with E-state index in [4.69, 9.17) is 24.5 Å². The van der Waals surface area contributed by atoms with Gasteiger partial charge in [-0.1, -0.05) is 6.92 Å². The molecule has 0 rings (SSSR count). The molecule has 0 saturated heterocycles. The molecule has 18 heteroatoms. The van der Waals surface area contributed by atoms with Gasteiger partial charge >= 0.3 is 31.3 Å². The van der Waals surface area contributed by atoms with Crippen LogP contribution >= 0.6 is 31.3 Å². The molecule has 0 aliphatic heterocycles. The number of hydrogen-bond acceptors (Lipinski definition) is 9.